The molecule has 0 spiro atoms. The van der Waals surface area contributed by atoms with Crippen molar-refractivity contribution in [2.75, 3.05) is 11.1 Å². The Morgan fingerprint density at radius 2 is 1.88 bits per heavy atom. The van der Waals surface area contributed by atoms with Crippen molar-refractivity contribution in [3.63, 3.8) is 0 Å². The molecule has 3 N–H and O–H groups in total. The molecule has 16 heavy (non-hydrogen) atoms. The van der Waals surface area contributed by atoms with Gasteiger partial charge in [-0.1, -0.05) is 22.0 Å². The van der Waals surface area contributed by atoms with Gasteiger partial charge in [-0.15, -0.1) is 0 Å². The van der Waals surface area contributed by atoms with Crippen LogP contribution in [0.25, 0.3) is 0 Å². The van der Waals surface area contributed by atoms with Crippen molar-refractivity contribution in [2.24, 2.45) is 0 Å². The Balaban J connectivity index is 2.27. The highest BCUT2D eigenvalue weighted by atomic mass is 79.9. The number of nitrogen functional groups attached to an aromatic ring is 1. The number of halogens is 1. The van der Waals surface area contributed by atoms with Gasteiger partial charge in [-0.25, -0.2) is 0 Å². The summed E-state index contributed by atoms with van der Waals surface area (Å²) in [6, 6.07) is 13.9. The fraction of sp³-hybridized carbons (Fsp3) is 0.0769. The van der Waals surface area contributed by atoms with E-state index in [1.54, 1.807) is 0 Å². The molecule has 0 heterocycles. The topological polar surface area (TPSA) is 38.0 Å². The summed E-state index contributed by atoms with van der Waals surface area (Å²) < 4.78 is 1.07. The van der Waals surface area contributed by atoms with E-state index >= 15 is 0 Å². The molecule has 0 aliphatic carbocycles. The Labute approximate surface area is 104 Å². The van der Waals surface area contributed by atoms with Crippen LogP contribution >= 0.6 is 15.9 Å². The second-order valence-electron chi connectivity index (χ2n) is 3.77. The van der Waals surface area contributed by atoms with Gasteiger partial charge in [0.2, 0.25) is 0 Å². The van der Waals surface area contributed by atoms with E-state index in [1.165, 1.54) is 5.56 Å². The molecule has 0 radical (unpaired) electrons. The first kappa shape index (κ1) is 11.0. The minimum Gasteiger partial charge on any atom is -0.399 e. The van der Waals surface area contributed by atoms with Gasteiger partial charge < -0.3 is 11.1 Å². The minimum atomic E-state index is 0.761. The summed E-state index contributed by atoms with van der Waals surface area (Å²) in [6.45, 7) is 2.06. The lowest BCUT2D eigenvalue weighted by Gasteiger charge is -2.08. The normalized spacial score (nSPS) is 10.1. The summed E-state index contributed by atoms with van der Waals surface area (Å²) in [6.07, 6.45) is 0. The van der Waals surface area contributed by atoms with E-state index in [4.69, 9.17) is 5.73 Å². The van der Waals surface area contributed by atoms with E-state index in [9.17, 15) is 0 Å². The van der Waals surface area contributed by atoms with Crippen LogP contribution in [-0.4, -0.2) is 0 Å². The molecule has 0 unspecified atom stereocenters. The van der Waals surface area contributed by atoms with Crippen LogP contribution in [0.5, 0.6) is 0 Å². The van der Waals surface area contributed by atoms with Crippen LogP contribution < -0.4 is 11.1 Å². The molecule has 0 aliphatic rings. The van der Waals surface area contributed by atoms with Crippen LogP contribution in [0.15, 0.2) is 46.9 Å². The van der Waals surface area contributed by atoms with Gasteiger partial charge in [0.05, 0.1) is 0 Å². The number of rotatable bonds is 2. The molecule has 0 bridgehead atoms. The molecule has 0 aromatic heterocycles. The smallest absolute Gasteiger partial charge is 0.0404 e. The Hall–Kier alpha value is -1.48. The van der Waals surface area contributed by atoms with Crippen molar-refractivity contribution in [2.45, 2.75) is 6.92 Å². The molecule has 0 atom stereocenters. The lowest BCUT2D eigenvalue weighted by molar-refractivity contribution is 1.43. The molecule has 2 rings (SSSR count). The van der Waals surface area contributed by atoms with Crippen molar-refractivity contribution >= 4 is 33.0 Å². The predicted octanol–water partition coefficient (Wildman–Crippen LogP) is 4.08. The third-order valence-corrected chi connectivity index (χ3v) is 2.68. The van der Waals surface area contributed by atoms with E-state index in [1.807, 2.05) is 30.3 Å². The maximum Gasteiger partial charge on any atom is 0.0404 e. The molecule has 2 aromatic carbocycles. The van der Waals surface area contributed by atoms with Gasteiger partial charge >= 0.3 is 0 Å². The SMILES string of the molecule is Cc1cc(Br)cc(Nc2cccc(N)c2)c1. The van der Waals surface area contributed by atoms with Gasteiger partial charge in [-0.05, 0) is 48.9 Å². The maximum absolute atomic E-state index is 5.72. The van der Waals surface area contributed by atoms with E-state index < -0.39 is 0 Å². The Morgan fingerprint density at radius 3 is 2.56 bits per heavy atom. The first-order valence-electron chi connectivity index (χ1n) is 5.03. The Morgan fingerprint density at radius 1 is 1.06 bits per heavy atom. The fourth-order valence-electron chi connectivity index (χ4n) is 1.59. The van der Waals surface area contributed by atoms with Gasteiger partial charge in [0, 0.05) is 21.5 Å². The van der Waals surface area contributed by atoms with Crippen molar-refractivity contribution in [3.05, 3.63) is 52.5 Å². The van der Waals surface area contributed by atoms with E-state index in [0.29, 0.717) is 0 Å². The molecule has 3 heteroatoms. The largest absolute Gasteiger partial charge is 0.399 e. The zero-order chi connectivity index (χ0) is 11.5. The summed E-state index contributed by atoms with van der Waals surface area (Å²) in [5.74, 6) is 0. The summed E-state index contributed by atoms with van der Waals surface area (Å²) in [5.41, 5.74) is 9.74. The number of aryl methyl sites for hydroxylation is 1. The van der Waals surface area contributed by atoms with Crippen molar-refractivity contribution in [3.8, 4) is 0 Å². The third kappa shape index (κ3) is 2.76. The van der Waals surface area contributed by atoms with Gasteiger partial charge in [0.1, 0.15) is 0 Å². The van der Waals surface area contributed by atoms with E-state index in [0.717, 1.165) is 21.5 Å². The number of nitrogens with one attached hydrogen (secondary N) is 1. The molecular weight excluding hydrogens is 264 g/mol. The third-order valence-electron chi connectivity index (χ3n) is 2.22. The number of benzene rings is 2. The maximum atomic E-state index is 5.72. The quantitative estimate of drug-likeness (QED) is 0.811. The molecular formula is C13H13BrN2. The van der Waals surface area contributed by atoms with Crippen LogP contribution in [-0.2, 0) is 0 Å². The molecule has 82 valence electrons. The summed E-state index contributed by atoms with van der Waals surface area (Å²) in [5, 5.41) is 3.32. The van der Waals surface area contributed by atoms with Gasteiger partial charge in [-0.3, -0.25) is 0 Å². The molecule has 0 fully saturated rings. The van der Waals surface area contributed by atoms with Crippen LogP contribution in [0.3, 0.4) is 0 Å². The number of anilines is 3. The highest BCUT2D eigenvalue weighted by Crippen LogP contribution is 2.23. The van der Waals surface area contributed by atoms with Crippen molar-refractivity contribution < 1.29 is 0 Å². The molecule has 0 aliphatic heterocycles. The molecule has 0 amide bonds. The molecule has 2 aromatic rings. The van der Waals surface area contributed by atoms with Crippen LogP contribution in [0.4, 0.5) is 17.1 Å². The Bertz CT molecular complexity index is 489. The fourth-order valence-corrected chi connectivity index (χ4v) is 2.20. The first-order valence-corrected chi connectivity index (χ1v) is 5.82. The Kier molecular flexibility index (Phi) is 3.15. The highest BCUT2D eigenvalue weighted by Gasteiger charge is 1.98. The van der Waals surface area contributed by atoms with Gasteiger partial charge in [0.15, 0.2) is 0 Å². The highest BCUT2D eigenvalue weighted by molar-refractivity contribution is 9.10. The van der Waals surface area contributed by atoms with Crippen molar-refractivity contribution in [1.82, 2.24) is 0 Å². The van der Waals surface area contributed by atoms with Crippen LogP contribution in [0.2, 0.25) is 0 Å². The molecule has 0 saturated carbocycles. The number of hydrogen-bond acceptors (Lipinski definition) is 2. The van der Waals surface area contributed by atoms with Gasteiger partial charge in [0.25, 0.3) is 0 Å². The standard InChI is InChI=1S/C13H13BrN2/c1-9-5-10(14)7-13(6-9)16-12-4-2-3-11(15)8-12/h2-8,16H,15H2,1H3. The average Bonchev–Trinajstić information content (AvgIpc) is 2.15. The van der Waals surface area contributed by atoms with E-state index in [-0.39, 0.29) is 0 Å². The van der Waals surface area contributed by atoms with Crippen molar-refractivity contribution in [1.29, 1.82) is 0 Å². The predicted molar refractivity (Wildman–Crippen MR) is 73.0 cm³/mol. The zero-order valence-corrected chi connectivity index (χ0v) is 10.6. The summed E-state index contributed by atoms with van der Waals surface area (Å²) in [4.78, 5) is 0. The summed E-state index contributed by atoms with van der Waals surface area (Å²) in [7, 11) is 0. The average molecular weight is 277 g/mol. The monoisotopic (exact) mass is 276 g/mol. The number of hydrogen-bond donors (Lipinski definition) is 2. The molecule has 0 saturated heterocycles. The summed E-state index contributed by atoms with van der Waals surface area (Å²) >= 11 is 3.48. The lowest BCUT2D eigenvalue weighted by Crippen LogP contribution is -1.92. The minimum absolute atomic E-state index is 0.761. The second-order valence-corrected chi connectivity index (χ2v) is 4.68. The first-order chi connectivity index (χ1) is 7.63. The molecule has 2 nitrogen and oxygen atoms in total. The lowest BCUT2D eigenvalue weighted by atomic mass is 10.2. The van der Waals surface area contributed by atoms with Crippen LogP contribution in [0.1, 0.15) is 5.56 Å². The van der Waals surface area contributed by atoms with Crippen LogP contribution in [0, 0.1) is 6.92 Å². The zero-order valence-electron chi connectivity index (χ0n) is 9.00. The van der Waals surface area contributed by atoms with E-state index in [2.05, 4.69) is 40.3 Å². The van der Waals surface area contributed by atoms with Gasteiger partial charge in [-0.2, -0.15) is 0 Å². The number of nitrogens with two attached hydrogens (primary N) is 1. The second kappa shape index (κ2) is 4.58.